The molecule has 4 rings (SSSR count). The smallest absolute Gasteiger partial charge is 0.226 e. The van der Waals surface area contributed by atoms with Gasteiger partial charge in [-0.1, -0.05) is 18.6 Å². The number of hydrogen-bond acceptors (Lipinski definition) is 3. The first-order chi connectivity index (χ1) is 13.1. The number of rotatable bonds is 4. The summed E-state index contributed by atoms with van der Waals surface area (Å²) in [7, 11) is 0. The number of piperidine rings is 1. The van der Waals surface area contributed by atoms with E-state index in [2.05, 4.69) is 5.32 Å². The van der Waals surface area contributed by atoms with E-state index >= 15 is 0 Å². The summed E-state index contributed by atoms with van der Waals surface area (Å²) in [6, 6.07) is 8.32. The highest BCUT2D eigenvalue weighted by atomic mass is 35.5. The molecule has 1 aromatic rings. The molecule has 1 aliphatic heterocycles. The summed E-state index contributed by atoms with van der Waals surface area (Å²) in [4.78, 5) is 26.6. The van der Waals surface area contributed by atoms with Crippen molar-refractivity contribution in [3.63, 3.8) is 0 Å². The second-order valence-electron chi connectivity index (χ2n) is 8.58. The molecule has 2 aliphatic carbocycles. The number of nitrogens with one attached hydrogen (secondary N) is 1. The fourth-order valence-corrected chi connectivity index (χ4v) is 5.21. The van der Waals surface area contributed by atoms with Crippen LogP contribution in [0.15, 0.2) is 24.3 Å². The molecule has 6 heteroatoms. The molecule has 1 heterocycles. The van der Waals surface area contributed by atoms with Crippen molar-refractivity contribution in [2.24, 2.45) is 23.5 Å². The zero-order valence-electron chi connectivity index (χ0n) is 16.4. The van der Waals surface area contributed by atoms with Gasteiger partial charge in [0.15, 0.2) is 0 Å². The predicted octanol–water partition coefficient (Wildman–Crippen LogP) is 3.40. The van der Waals surface area contributed by atoms with Crippen molar-refractivity contribution < 1.29 is 9.59 Å². The molecule has 3 aliphatic rings. The van der Waals surface area contributed by atoms with Gasteiger partial charge in [-0.3, -0.25) is 9.59 Å². The summed E-state index contributed by atoms with van der Waals surface area (Å²) >= 11 is 0. The molecule has 28 heavy (non-hydrogen) atoms. The summed E-state index contributed by atoms with van der Waals surface area (Å²) in [6.45, 7) is 1.35. The fraction of sp³-hybridized carbons (Fsp3) is 0.636. The zero-order chi connectivity index (χ0) is 18.8. The van der Waals surface area contributed by atoms with Crippen LogP contribution in [-0.2, 0) is 16.1 Å². The third-order valence-electron chi connectivity index (χ3n) is 6.82. The summed E-state index contributed by atoms with van der Waals surface area (Å²) in [5.74, 6) is 1.55. The van der Waals surface area contributed by atoms with Gasteiger partial charge >= 0.3 is 0 Å². The molecule has 2 atom stereocenters. The number of fused-ring (bicyclic) bond motifs is 2. The second-order valence-corrected chi connectivity index (χ2v) is 8.58. The van der Waals surface area contributed by atoms with Crippen LogP contribution in [0.2, 0.25) is 0 Å². The summed E-state index contributed by atoms with van der Waals surface area (Å²) < 4.78 is 0. The summed E-state index contributed by atoms with van der Waals surface area (Å²) in [6.07, 6.45) is 8.22. The van der Waals surface area contributed by atoms with E-state index < -0.39 is 0 Å². The zero-order valence-corrected chi connectivity index (χ0v) is 17.3. The Kier molecular flexibility index (Phi) is 7.00. The Balaban J connectivity index is 0.00000225. The van der Waals surface area contributed by atoms with Gasteiger partial charge in [0, 0.05) is 37.2 Å². The standard InChI is InChI=1S/C22H31N3O2.ClH/c23-21-16-4-3-5-17(21)13-18(12-16)22(27)24-14-15-7-9-19(10-8-15)25-11-2-1-6-20(25)26;/h7-10,16-18,21H,1-6,11-14,23H2,(H,24,27);1H. The van der Waals surface area contributed by atoms with Crippen LogP contribution in [0.3, 0.4) is 0 Å². The number of hydrogen-bond donors (Lipinski definition) is 2. The van der Waals surface area contributed by atoms with Gasteiger partial charge in [-0.25, -0.2) is 0 Å². The Bertz CT molecular complexity index is 680. The topological polar surface area (TPSA) is 75.4 Å². The lowest BCUT2D eigenvalue weighted by molar-refractivity contribution is -0.128. The summed E-state index contributed by atoms with van der Waals surface area (Å²) in [5.41, 5.74) is 8.37. The molecular weight excluding hydrogens is 374 g/mol. The fourth-order valence-electron chi connectivity index (χ4n) is 5.21. The number of carbonyl (C=O) groups excluding carboxylic acids is 2. The van der Waals surface area contributed by atoms with E-state index in [9.17, 15) is 9.59 Å². The van der Waals surface area contributed by atoms with Crippen molar-refractivity contribution in [1.29, 1.82) is 0 Å². The Morgan fingerprint density at radius 3 is 2.39 bits per heavy atom. The highest BCUT2D eigenvalue weighted by Gasteiger charge is 2.40. The SMILES string of the molecule is Cl.NC1C2CCCC1CC(C(=O)NCc1ccc(N3CCCCC3=O)cc1)C2. The molecule has 1 aromatic carbocycles. The van der Waals surface area contributed by atoms with Gasteiger partial charge in [-0.15, -0.1) is 12.4 Å². The van der Waals surface area contributed by atoms with Crippen LogP contribution in [0.1, 0.15) is 56.9 Å². The molecule has 0 aromatic heterocycles. The van der Waals surface area contributed by atoms with E-state index in [0.717, 1.165) is 43.5 Å². The van der Waals surface area contributed by atoms with Crippen LogP contribution in [0, 0.1) is 17.8 Å². The minimum atomic E-state index is 0. The lowest BCUT2D eigenvalue weighted by Crippen LogP contribution is -2.49. The van der Waals surface area contributed by atoms with E-state index in [1.165, 1.54) is 19.3 Å². The number of nitrogens with two attached hydrogens (primary N) is 1. The van der Waals surface area contributed by atoms with Crippen LogP contribution in [0.25, 0.3) is 0 Å². The van der Waals surface area contributed by atoms with Gasteiger partial charge in [0.25, 0.3) is 0 Å². The maximum atomic E-state index is 12.7. The highest BCUT2D eigenvalue weighted by Crippen LogP contribution is 2.41. The maximum absolute atomic E-state index is 12.7. The Morgan fingerprint density at radius 2 is 1.75 bits per heavy atom. The molecule has 2 amide bonds. The van der Waals surface area contributed by atoms with Crippen molar-refractivity contribution in [2.75, 3.05) is 11.4 Å². The number of benzene rings is 1. The lowest BCUT2D eigenvalue weighted by atomic mass is 9.65. The van der Waals surface area contributed by atoms with Crippen LogP contribution >= 0.6 is 12.4 Å². The van der Waals surface area contributed by atoms with Gasteiger partial charge in [0.2, 0.25) is 11.8 Å². The predicted molar refractivity (Wildman–Crippen MR) is 113 cm³/mol. The molecule has 2 unspecified atom stereocenters. The number of halogens is 1. The minimum Gasteiger partial charge on any atom is -0.352 e. The van der Waals surface area contributed by atoms with E-state index in [4.69, 9.17) is 5.73 Å². The van der Waals surface area contributed by atoms with E-state index in [1.54, 1.807) is 0 Å². The third kappa shape index (κ3) is 4.52. The van der Waals surface area contributed by atoms with E-state index in [0.29, 0.717) is 30.8 Å². The van der Waals surface area contributed by atoms with Crippen LogP contribution < -0.4 is 16.0 Å². The molecule has 3 fully saturated rings. The molecular formula is C22H32ClN3O2. The number of amides is 2. The molecule has 3 N–H and O–H groups in total. The quantitative estimate of drug-likeness (QED) is 0.806. The van der Waals surface area contributed by atoms with Crippen molar-refractivity contribution in [2.45, 2.75) is 64.0 Å². The first-order valence-electron chi connectivity index (χ1n) is 10.5. The van der Waals surface area contributed by atoms with Crippen molar-refractivity contribution >= 4 is 29.9 Å². The molecule has 1 saturated heterocycles. The van der Waals surface area contributed by atoms with Gasteiger partial charge in [0.05, 0.1) is 0 Å². The number of carbonyl (C=O) groups is 2. The second kappa shape index (κ2) is 9.27. The Labute approximate surface area is 173 Å². The van der Waals surface area contributed by atoms with Crippen LogP contribution in [-0.4, -0.2) is 24.4 Å². The Morgan fingerprint density at radius 1 is 1.07 bits per heavy atom. The van der Waals surface area contributed by atoms with E-state index in [-0.39, 0.29) is 30.1 Å². The molecule has 154 valence electrons. The normalized spacial score (nSPS) is 29.8. The molecule has 2 saturated carbocycles. The largest absolute Gasteiger partial charge is 0.352 e. The van der Waals surface area contributed by atoms with Crippen LogP contribution in [0.5, 0.6) is 0 Å². The molecule has 2 bridgehead atoms. The number of anilines is 1. The average Bonchev–Trinajstić information content (AvgIpc) is 2.67. The average molecular weight is 406 g/mol. The highest BCUT2D eigenvalue weighted by molar-refractivity contribution is 5.93. The molecule has 0 spiro atoms. The molecule has 0 radical (unpaired) electrons. The van der Waals surface area contributed by atoms with E-state index in [1.807, 2.05) is 29.2 Å². The van der Waals surface area contributed by atoms with Crippen molar-refractivity contribution in [3.8, 4) is 0 Å². The van der Waals surface area contributed by atoms with Gasteiger partial charge in [0.1, 0.15) is 0 Å². The minimum absolute atomic E-state index is 0. The first kappa shape index (κ1) is 21.1. The van der Waals surface area contributed by atoms with Gasteiger partial charge in [-0.05, 0) is 68.1 Å². The summed E-state index contributed by atoms with van der Waals surface area (Å²) in [5, 5.41) is 3.12. The van der Waals surface area contributed by atoms with Gasteiger partial charge in [-0.2, -0.15) is 0 Å². The van der Waals surface area contributed by atoms with Crippen LogP contribution in [0.4, 0.5) is 5.69 Å². The van der Waals surface area contributed by atoms with Crippen molar-refractivity contribution in [1.82, 2.24) is 5.32 Å². The monoisotopic (exact) mass is 405 g/mol. The number of nitrogens with zero attached hydrogens (tertiary/aromatic N) is 1. The third-order valence-corrected chi connectivity index (χ3v) is 6.82. The Hall–Kier alpha value is -1.59. The first-order valence-corrected chi connectivity index (χ1v) is 10.5. The molecule has 5 nitrogen and oxygen atoms in total. The maximum Gasteiger partial charge on any atom is 0.226 e. The van der Waals surface area contributed by atoms with Gasteiger partial charge < -0.3 is 16.0 Å². The van der Waals surface area contributed by atoms with Crippen molar-refractivity contribution in [3.05, 3.63) is 29.8 Å². The lowest BCUT2D eigenvalue weighted by Gasteiger charge is -2.43.